The number of halogens is 2. The molecule has 1 nitrogen and oxygen atoms in total. The molecule has 1 N–H and O–H groups in total. The summed E-state index contributed by atoms with van der Waals surface area (Å²) in [5.74, 6) is -1.81. The summed E-state index contributed by atoms with van der Waals surface area (Å²) in [7, 11) is 0. The highest BCUT2D eigenvalue weighted by molar-refractivity contribution is 4.91. The van der Waals surface area contributed by atoms with Crippen LogP contribution in [0.3, 0.4) is 0 Å². The molecule has 2 rings (SSSR count). The molecule has 1 aliphatic carbocycles. The number of rotatable bonds is 0. The van der Waals surface area contributed by atoms with Crippen LogP contribution in [0.5, 0.6) is 0 Å². The maximum absolute atomic E-state index is 12.8. The van der Waals surface area contributed by atoms with Crippen molar-refractivity contribution >= 4 is 0 Å². The minimum atomic E-state index is -2.36. The van der Waals surface area contributed by atoms with E-state index < -0.39 is 5.92 Å². The second-order valence-corrected chi connectivity index (χ2v) is 3.78. The Balaban J connectivity index is 2.03. The summed E-state index contributed by atoms with van der Waals surface area (Å²) in [6.45, 7) is 1.73. The molecule has 1 aliphatic heterocycles. The van der Waals surface area contributed by atoms with E-state index in [-0.39, 0.29) is 18.8 Å². The largest absolute Gasteiger partial charge is 0.316 e. The molecule has 64 valence electrons. The van der Waals surface area contributed by atoms with Crippen LogP contribution in [0.1, 0.15) is 19.3 Å². The average Bonchev–Trinajstić information content (AvgIpc) is 2.21. The molecule has 1 saturated heterocycles. The Labute approximate surface area is 65.2 Å². The molecule has 0 aromatic heterocycles. The van der Waals surface area contributed by atoms with Crippen molar-refractivity contribution in [2.45, 2.75) is 25.2 Å². The van der Waals surface area contributed by atoms with Crippen molar-refractivity contribution in [3.05, 3.63) is 0 Å². The first kappa shape index (κ1) is 7.47. The predicted molar refractivity (Wildman–Crippen MR) is 38.6 cm³/mol. The molecule has 2 fully saturated rings. The summed E-state index contributed by atoms with van der Waals surface area (Å²) < 4.78 is 25.6. The van der Waals surface area contributed by atoms with Gasteiger partial charge in [0.1, 0.15) is 0 Å². The zero-order valence-corrected chi connectivity index (χ0v) is 6.45. The fraction of sp³-hybridized carbons (Fsp3) is 1.00. The Kier molecular flexibility index (Phi) is 1.63. The number of piperidine rings is 1. The van der Waals surface area contributed by atoms with Crippen molar-refractivity contribution in [2.24, 2.45) is 11.8 Å². The SMILES string of the molecule is FC1(F)CC2CCNCC2C1. The molecule has 11 heavy (non-hydrogen) atoms. The Morgan fingerprint density at radius 2 is 1.91 bits per heavy atom. The van der Waals surface area contributed by atoms with Crippen LogP contribution in [-0.4, -0.2) is 19.0 Å². The molecule has 0 bridgehead atoms. The number of hydrogen-bond acceptors (Lipinski definition) is 1. The second kappa shape index (κ2) is 2.41. The van der Waals surface area contributed by atoms with Gasteiger partial charge >= 0.3 is 0 Å². The van der Waals surface area contributed by atoms with E-state index in [2.05, 4.69) is 5.32 Å². The van der Waals surface area contributed by atoms with Crippen molar-refractivity contribution in [1.82, 2.24) is 5.32 Å². The van der Waals surface area contributed by atoms with Gasteiger partial charge in [0.05, 0.1) is 0 Å². The van der Waals surface area contributed by atoms with E-state index in [0.29, 0.717) is 5.92 Å². The summed E-state index contributed by atoms with van der Waals surface area (Å²) in [6, 6.07) is 0. The van der Waals surface area contributed by atoms with Crippen LogP contribution in [-0.2, 0) is 0 Å². The molecule has 2 atom stereocenters. The summed E-state index contributed by atoms with van der Waals surface area (Å²) in [6.07, 6.45) is 1.20. The van der Waals surface area contributed by atoms with Crippen molar-refractivity contribution in [1.29, 1.82) is 0 Å². The molecule has 1 heterocycles. The van der Waals surface area contributed by atoms with Gasteiger partial charge in [-0.05, 0) is 31.3 Å². The van der Waals surface area contributed by atoms with Gasteiger partial charge in [-0.3, -0.25) is 0 Å². The topological polar surface area (TPSA) is 12.0 Å². The highest BCUT2D eigenvalue weighted by Gasteiger charge is 2.46. The molecular weight excluding hydrogens is 148 g/mol. The lowest BCUT2D eigenvalue weighted by Crippen LogP contribution is -2.33. The smallest absolute Gasteiger partial charge is 0.248 e. The van der Waals surface area contributed by atoms with Gasteiger partial charge in [0.25, 0.3) is 0 Å². The predicted octanol–water partition coefficient (Wildman–Crippen LogP) is 1.64. The van der Waals surface area contributed by atoms with Gasteiger partial charge < -0.3 is 5.32 Å². The van der Waals surface area contributed by atoms with Gasteiger partial charge in [0.15, 0.2) is 0 Å². The zero-order valence-electron chi connectivity index (χ0n) is 6.45. The van der Waals surface area contributed by atoms with Crippen molar-refractivity contribution < 1.29 is 8.78 Å². The quantitative estimate of drug-likeness (QED) is 0.569. The number of alkyl halides is 2. The number of nitrogens with one attached hydrogen (secondary N) is 1. The van der Waals surface area contributed by atoms with Gasteiger partial charge in [-0.2, -0.15) is 0 Å². The Bertz CT molecular complexity index is 142. The van der Waals surface area contributed by atoms with Gasteiger partial charge in [-0.15, -0.1) is 0 Å². The maximum Gasteiger partial charge on any atom is 0.248 e. The van der Waals surface area contributed by atoms with E-state index in [4.69, 9.17) is 0 Å². The Morgan fingerprint density at radius 1 is 1.18 bits per heavy atom. The van der Waals surface area contributed by atoms with Crippen molar-refractivity contribution in [3.63, 3.8) is 0 Å². The average molecular weight is 161 g/mol. The van der Waals surface area contributed by atoms with Gasteiger partial charge in [-0.25, -0.2) is 8.78 Å². The first-order chi connectivity index (χ1) is 5.17. The van der Waals surface area contributed by atoms with E-state index in [0.717, 1.165) is 19.5 Å². The van der Waals surface area contributed by atoms with E-state index >= 15 is 0 Å². The zero-order chi connectivity index (χ0) is 7.90. The minimum absolute atomic E-state index is 0.116. The van der Waals surface area contributed by atoms with Gasteiger partial charge in [-0.1, -0.05) is 0 Å². The molecule has 0 aromatic rings. The van der Waals surface area contributed by atoms with E-state index in [9.17, 15) is 8.78 Å². The molecule has 0 aromatic carbocycles. The molecule has 3 heteroatoms. The van der Waals surface area contributed by atoms with Crippen LogP contribution in [0.15, 0.2) is 0 Å². The van der Waals surface area contributed by atoms with Crippen LogP contribution in [0, 0.1) is 11.8 Å². The Hall–Kier alpha value is -0.180. The molecule has 2 aliphatic rings. The molecule has 0 radical (unpaired) electrons. The lowest BCUT2D eigenvalue weighted by molar-refractivity contribution is 0.00297. The van der Waals surface area contributed by atoms with Crippen LogP contribution < -0.4 is 5.32 Å². The maximum atomic E-state index is 12.8. The van der Waals surface area contributed by atoms with Crippen LogP contribution >= 0.6 is 0 Å². The lowest BCUT2D eigenvalue weighted by atomic mass is 9.90. The van der Waals surface area contributed by atoms with E-state index in [1.165, 1.54) is 0 Å². The summed E-state index contributed by atoms with van der Waals surface area (Å²) >= 11 is 0. The molecule has 0 amide bonds. The second-order valence-electron chi connectivity index (χ2n) is 3.78. The molecule has 2 unspecified atom stereocenters. The fourth-order valence-corrected chi connectivity index (χ4v) is 2.34. The first-order valence-electron chi connectivity index (χ1n) is 4.26. The summed E-state index contributed by atoms with van der Waals surface area (Å²) in [5.41, 5.74) is 0. The monoisotopic (exact) mass is 161 g/mol. The van der Waals surface area contributed by atoms with Crippen LogP contribution in [0.25, 0.3) is 0 Å². The van der Waals surface area contributed by atoms with Crippen molar-refractivity contribution in [3.8, 4) is 0 Å². The minimum Gasteiger partial charge on any atom is -0.316 e. The van der Waals surface area contributed by atoms with E-state index in [1.807, 2.05) is 0 Å². The standard InChI is InChI=1S/C8H13F2N/c9-8(10)3-6-1-2-11-5-7(6)4-8/h6-7,11H,1-5H2. The van der Waals surface area contributed by atoms with Crippen LogP contribution in [0.4, 0.5) is 8.78 Å². The van der Waals surface area contributed by atoms with Gasteiger partial charge in [0.2, 0.25) is 5.92 Å². The third kappa shape index (κ3) is 1.39. The fourth-order valence-electron chi connectivity index (χ4n) is 2.34. The first-order valence-corrected chi connectivity index (χ1v) is 4.26. The Morgan fingerprint density at radius 3 is 2.64 bits per heavy atom. The highest BCUT2D eigenvalue weighted by atomic mass is 19.3. The third-order valence-electron chi connectivity index (χ3n) is 2.89. The van der Waals surface area contributed by atoms with Crippen LogP contribution in [0.2, 0.25) is 0 Å². The van der Waals surface area contributed by atoms with E-state index in [1.54, 1.807) is 0 Å². The normalized spacial score (nSPS) is 42.0. The highest BCUT2D eigenvalue weighted by Crippen LogP contribution is 2.45. The molecule has 0 spiro atoms. The summed E-state index contributed by atoms with van der Waals surface area (Å²) in [4.78, 5) is 0. The lowest BCUT2D eigenvalue weighted by Gasteiger charge is -2.24. The van der Waals surface area contributed by atoms with Gasteiger partial charge in [0, 0.05) is 12.8 Å². The number of fused-ring (bicyclic) bond motifs is 1. The number of hydrogen-bond donors (Lipinski definition) is 1. The summed E-state index contributed by atoms with van der Waals surface area (Å²) in [5, 5.41) is 3.16. The molecular formula is C8H13F2N. The molecule has 1 saturated carbocycles. The van der Waals surface area contributed by atoms with Crippen molar-refractivity contribution in [2.75, 3.05) is 13.1 Å². The third-order valence-corrected chi connectivity index (χ3v) is 2.89.